The summed E-state index contributed by atoms with van der Waals surface area (Å²) in [6, 6.07) is 10.9. The van der Waals surface area contributed by atoms with Crippen LogP contribution in [0.3, 0.4) is 0 Å². The molecule has 1 fully saturated rings. The molecule has 152 valence electrons. The van der Waals surface area contributed by atoms with E-state index in [1.807, 2.05) is 24.3 Å². The molecule has 0 aliphatic carbocycles. The van der Waals surface area contributed by atoms with Crippen LogP contribution in [0.15, 0.2) is 42.7 Å². The van der Waals surface area contributed by atoms with E-state index in [0.29, 0.717) is 34.8 Å². The molecule has 0 atom stereocenters. The van der Waals surface area contributed by atoms with Gasteiger partial charge in [0, 0.05) is 17.6 Å². The Labute approximate surface area is 175 Å². The molecule has 0 spiro atoms. The minimum Gasteiger partial charge on any atom is -0.493 e. The van der Waals surface area contributed by atoms with Crippen LogP contribution < -0.4 is 14.2 Å². The number of benzene rings is 2. The standard InChI is InChI=1S/C22H24ClN3O3/c1-27-20-13-18-19(14-21(20)28-11-5-10-26-8-2-3-9-26)24-15-25-22(18)29-17-7-4-6-16(23)12-17/h4,6-7,12-15H,2-3,5,8-11H2,1H3. The van der Waals surface area contributed by atoms with Crippen LogP contribution in [0.25, 0.3) is 10.9 Å². The maximum atomic E-state index is 6.05. The molecule has 2 heterocycles. The van der Waals surface area contributed by atoms with E-state index in [1.54, 1.807) is 19.2 Å². The molecule has 29 heavy (non-hydrogen) atoms. The molecular weight excluding hydrogens is 390 g/mol. The Morgan fingerprint density at radius 2 is 1.93 bits per heavy atom. The second kappa shape index (κ2) is 9.29. The summed E-state index contributed by atoms with van der Waals surface area (Å²) in [6.07, 6.45) is 5.07. The lowest BCUT2D eigenvalue weighted by Gasteiger charge is -2.16. The largest absolute Gasteiger partial charge is 0.493 e. The topological polar surface area (TPSA) is 56.7 Å². The predicted octanol–water partition coefficient (Wildman–Crippen LogP) is 4.95. The number of halogens is 1. The number of ether oxygens (including phenoxy) is 3. The summed E-state index contributed by atoms with van der Waals surface area (Å²) < 4.78 is 17.5. The maximum Gasteiger partial charge on any atom is 0.230 e. The van der Waals surface area contributed by atoms with Crippen molar-refractivity contribution in [1.29, 1.82) is 0 Å². The summed E-state index contributed by atoms with van der Waals surface area (Å²) in [5, 5.41) is 1.34. The molecular formula is C22H24ClN3O3. The van der Waals surface area contributed by atoms with Crippen LogP contribution in [0.5, 0.6) is 23.1 Å². The molecule has 1 aliphatic rings. The van der Waals surface area contributed by atoms with Crippen LogP contribution >= 0.6 is 11.6 Å². The normalized spacial score (nSPS) is 14.3. The highest BCUT2D eigenvalue weighted by molar-refractivity contribution is 6.30. The summed E-state index contributed by atoms with van der Waals surface area (Å²) in [5.74, 6) is 2.35. The molecule has 0 N–H and O–H groups in total. The summed E-state index contributed by atoms with van der Waals surface area (Å²) in [5.41, 5.74) is 0.729. The van der Waals surface area contributed by atoms with Crippen molar-refractivity contribution >= 4 is 22.5 Å². The minimum absolute atomic E-state index is 0.441. The van der Waals surface area contributed by atoms with Crippen molar-refractivity contribution in [2.45, 2.75) is 19.3 Å². The highest BCUT2D eigenvalue weighted by atomic mass is 35.5. The van der Waals surface area contributed by atoms with E-state index in [-0.39, 0.29) is 0 Å². The van der Waals surface area contributed by atoms with Gasteiger partial charge in [-0.05, 0) is 56.6 Å². The Bertz CT molecular complexity index is 977. The number of likely N-dealkylation sites (tertiary alicyclic amines) is 1. The molecule has 0 unspecified atom stereocenters. The Balaban J connectivity index is 1.51. The predicted molar refractivity (Wildman–Crippen MR) is 113 cm³/mol. The van der Waals surface area contributed by atoms with E-state index in [0.717, 1.165) is 23.9 Å². The van der Waals surface area contributed by atoms with Gasteiger partial charge in [0.2, 0.25) is 5.88 Å². The fourth-order valence-electron chi connectivity index (χ4n) is 3.51. The first kappa shape index (κ1) is 19.7. The Morgan fingerprint density at radius 3 is 2.72 bits per heavy atom. The monoisotopic (exact) mass is 413 g/mol. The van der Waals surface area contributed by atoms with E-state index < -0.39 is 0 Å². The Hall–Kier alpha value is -2.57. The zero-order valence-corrected chi connectivity index (χ0v) is 17.2. The van der Waals surface area contributed by atoms with Crippen LogP contribution in [0, 0.1) is 0 Å². The van der Waals surface area contributed by atoms with Crippen molar-refractivity contribution < 1.29 is 14.2 Å². The summed E-state index contributed by atoms with van der Waals surface area (Å²) >= 11 is 6.05. The number of methoxy groups -OCH3 is 1. The van der Waals surface area contributed by atoms with Crippen LogP contribution in [0.4, 0.5) is 0 Å². The lowest BCUT2D eigenvalue weighted by atomic mass is 10.2. The molecule has 1 aliphatic heterocycles. The van der Waals surface area contributed by atoms with Gasteiger partial charge in [0.25, 0.3) is 0 Å². The smallest absolute Gasteiger partial charge is 0.230 e. The first-order chi connectivity index (χ1) is 14.2. The third-order valence-electron chi connectivity index (χ3n) is 4.97. The molecule has 7 heteroatoms. The molecule has 0 amide bonds. The van der Waals surface area contributed by atoms with Gasteiger partial charge in [-0.25, -0.2) is 9.97 Å². The van der Waals surface area contributed by atoms with Gasteiger partial charge >= 0.3 is 0 Å². The van der Waals surface area contributed by atoms with Crippen LogP contribution in [-0.2, 0) is 0 Å². The van der Waals surface area contributed by atoms with E-state index in [9.17, 15) is 0 Å². The molecule has 6 nitrogen and oxygen atoms in total. The van der Waals surface area contributed by atoms with Gasteiger partial charge in [-0.15, -0.1) is 0 Å². The maximum absolute atomic E-state index is 6.05. The molecule has 1 saturated heterocycles. The highest BCUT2D eigenvalue weighted by Gasteiger charge is 2.14. The minimum atomic E-state index is 0.441. The fraction of sp³-hybridized carbons (Fsp3) is 0.364. The van der Waals surface area contributed by atoms with E-state index >= 15 is 0 Å². The SMILES string of the molecule is COc1cc2c(Oc3cccc(Cl)c3)ncnc2cc1OCCCN1CCCC1. The van der Waals surface area contributed by atoms with Gasteiger partial charge in [-0.2, -0.15) is 0 Å². The lowest BCUT2D eigenvalue weighted by Crippen LogP contribution is -2.21. The zero-order valence-electron chi connectivity index (χ0n) is 16.4. The Morgan fingerprint density at radius 1 is 1.07 bits per heavy atom. The quantitative estimate of drug-likeness (QED) is 0.487. The average Bonchev–Trinajstić information content (AvgIpc) is 3.24. The molecule has 0 saturated carbocycles. The van der Waals surface area contributed by atoms with Gasteiger partial charge in [0.15, 0.2) is 11.5 Å². The summed E-state index contributed by atoms with van der Waals surface area (Å²) in [6.45, 7) is 4.10. The van der Waals surface area contributed by atoms with E-state index in [1.165, 1.54) is 32.3 Å². The lowest BCUT2D eigenvalue weighted by molar-refractivity contribution is 0.254. The molecule has 4 rings (SSSR count). The van der Waals surface area contributed by atoms with Crippen molar-refractivity contribution in [2.75, 3.05) is 33.4 Å². The van der Waals surface area contributed by atoms with Crippen LogP contribution in [0.2, 0.25) is 5.02 Å². The van der Waals surface area contributed by atoms with Gasteiger partial charge in [0.05, 0.1) is 24.6 Å². The van der Waals surface area contributed by atoms with Crippen molar-refractivity contribution in [3.8, 4) is 23.1 Å². The number of nitrogens with zero attached hydrogens (tertiary/aromatic N) is 3. The number of rotatable bonds is 8. The first-order valence-corrected chi connectivity index (χ1v) is 10.2. The fourth-order valence-corrected chi connectivity index (χ4v) is 3.69. The number of aromatic nitrogens is 2. The van der Waals surface area contributed by atoms with Gasteiger partial charge in [-0.1, -0.05) is 17.7 Å². The van der Waals surface area contributed by atoms with Gasteiger partial charge in [-0.3, -0.25) is 0 Å². The van der Waals surface area contributed by atoms with Crippen molar-refractivity contribution in [2.24, 2.45) is 0 Å². The van der Waals surface area contributed by atoms with Crippen molar-refractivity contribution in [3.05, 3.63) is 47.7 Å². The molecule has 0 bridgehead atoms. The van der Waals surface area contributed by atoms with Gasteiger partial charge < -0.3 is 19.1 Å². The van der Waals surface area contributed by atoms with E-state index in [4.69, 9.17) is 25.8 Å². The molecule has 2 aromatic carbocycles. The third kappa shape index (κ3) is 4.89. The highest BCUT2D eigenvalue weighted by Crippen LogP contribution is 2.36. The third-order valence-corrected chi connectivity index (χ3v) is 5.20. The average molecular weight is 414 g/mol. The number of hydrogen-bond donors (Lipinski definition) is 0. The molecule has 0 radical (unpaired) electrons. The van der Waals surface area contributed by atoms with Gasteiger partial charge in [0.1, 0.15) is 12.1 Å². The van der Waals surface area contributed by atoms with Crippen molar-refractivity contribution in [1.82, 2.24) is 14.9 Å². The van der Waals surface area contributed by atoms with Crippen LogP contribution in [-0.4, -0.2) is 48.2 Å². The molecule has 3 aromatic rings. The zero-order chi connectivity index (χ0) is 20.1. The second-order valence-electron chi connectivity index (χ2n) is 7.01. The number of fused-ring (bicyclic) bond motifs is 1. The Kier molecular flexibility index (Phi) is 6.32. The molecule has 1 aromatic heterocycles. The summed E-state index contributed by atoms with van der Waals surface area (Å²) in [7, 11) is 1.62. The second-order valence-corrected chi connectivity index (χ2v) is 7.45. The number of hydrogen-bond acceptors (Lipinski definition) is 6. The van der Waals surface area contributed by atoms with Crippen LogP contribution in [0.1, 0.15) is 19.3 Å². The van der Waals surface area contributed by atoms with E-state index in [2.05, 4.69) is 14.9 Å². The summed E-state index contributed by atoms with van der Waals surface area (Å²) in [4.78, 5) is 11.1. The first-order valence-electron chi connectivity index (χ1n) is 9.84. The van der Waals surface area contributed by atoms with Crippen molar-refractivity contribution in [3.63, 3.8) is 0 Å².